The molecule has 0 aliphatic carbocycles. The van der Waals surface area contributed by atoms with Gasteiger partial charge in [0.1, 0.15) is 5.75 Å². The van der Waals surface area contributed by atoms with Crippen LogP contribution in [-0.2, 0) is 4.79 Å². The molecule has 0 aliphatic heterocycles. The molecule has 0 atom stereocenters. The van der Waals surface area contributed by atoms with E-state index < -0.39 is 18.5 Å². The van der Waals surface area contributed by atoms with Crippen LogP contribution in [0.15, 0.2) is 41.5 Å². The Balaban J connectivity index is 1.99. The van der Waals surface area contributed by atoms with E-state index >= 15 is 0 Å². The number of hydrazone groups is 1. The number of carbonyl (C=O) groups is 2. The predicted molar refractivity (Wildman–Crippen MR) is 95.8 cm³/mol. The van der Waals surface area contributed by atoms with E-state index in [2.05, 4.69) is 10.5 Å². The van der Waals surface area contributed by atoms with Gasteiger partial charge in [0.25, 0.3) is 5.91 Å². The first-order valence-electron chi connectivity index (χ1n) is 7.10. The van der Waals surface area contributed by atoms with Gasteiger partial charge in [0.15, 0.2) is 6.61 Å². The maximum absolute atomic E-state index is 12.0. The average Bonchev–Trinajstić information content (AvgIpc) is 2.56. The van der Waals surface area contributed by atoms with E-state index in [-0.39, 0.29) is 10.8 Å². The molecule has 2 aromatic carbocycles. The van der Waals surface area contributed by atoms with Crippen LogP contribution in [0.25, 0.3) is 0 Å². The zero-order valence-electron chi connectivity index (χ0n) is 13.1. The van der Waals surface area contributed by atoms with Gasteiger partial charge in [-0.1, -0.05) is 29.3 Å². The second-order valence-electron chi connectivity index (χ2n) is 5.04. The Labute approximate surface area is 154 Å². The van der Waals surface area contributed by atoms with E-state index in [0.29, 0.717) is 16.1 Å². The van der Waals surface area contributed by atoms with Gasteiger partial charge >= 0.3 is 5.97 Å². The normalized spacial score (nSPS) is 10.7. The molecule has 0 bridgehead atoms. The minimum absolute atomic E-state index is 0.238. The first kappa shape index (κ1) is 18.8. The molecule has 0 saturated carbocycles. The van der Waals surface area contributed by atoms with Crippen molar-refractivity contribution in [1.29, 1.82) is 0 Å². The third-order valence-electron chi connectivity index (χ3n) is 3.12. The van der Waals surface area contributed by atoms with Gasteiger partial charge in [-0.15, -0.1) is 0 Å². The number of amides is 1. The molecule has 0 saturated heterocycles. The summed E-state index contributed by atoms with van der Waals surface area (Å²) in [5.41, 5.74) is 4.26. The number of aryl methyl sites for hydroxylation is 1. The Morgan fingerprint density at radius 3 is 2.60 bits per heavy atom. The van der Waals surface area contributed by atoms with Crippen LogP contribution in [0.3, 0.4) is 0 Å². The number of nitrogens with zero attached hydrogens (tertiary/aromatic N) is 1. The van der Waals surface area contributed by atoms with Gasteiger partial charge in [0.2, 0.25) is 0 Å². The summed E-state index contributed by atoms with van der Waals surface area (Å²) < 4.78 is 5.02. The quantitative estimate of drug-likeness (QED) is 0.592. The lowest BCUT2D eigenvalue weighted by Crippen LogP contribution is -2.17. The van der Waals surface area contributed by atoms with E-state index in [1.165, 1.54) is 18.3 Å². The number of aliphatic carboxylic acids is 1. The molecule has 25 heavy (non-hydrogen) atoms. The molecule has 6 nitrogen and oxygen atoms in total. The Morgan fingerprint density at radius 1 is 1.20 bits per heavy atom. The maximum atomic E-state index is 12.0. The van der Waals surface area contributed by atoms with Crippen LogP contribution in [0.1, 0.15) is 21.5 Å². The highest BCUT2D eigenvalue weighted by Crippen LogP contribution is 2.24. The molecule has 8 heteroatoms. The fraction of sp³-hybridized carbons (Fsp3) is 0.118. The Bertz CT molecular complexity index is 837. The number of rotatable bonds is 6. The van der Waals surface area contributed by atoms with Crippen LogP contribution in [0.5, 0.6) is 5.75 Å². The van der Waals surface area contributed by atoms with Crippen molar-refractivity contribution in [2.45, 2.75) is 6.92 Å². The second-order valence-corrected chi connectivity index (χ2v) is 5.85. The third-order valence-corrected chi connectivity index (χ3v) is 3.82. The minimum atomic E-state index is -1.10. The number of nitrogens with one attached hydrogen (secondary N) is 1. The number of hydrogen-bond acceptors (Lipinski definition) is 4. The fourth-order valence-electron chi connectivity index (χ4n) is 1.82. The zero-order chi connectivity index (χ0) is 18.4. The molecule has 2 rings (SSSR count). The van der Waals surface area contributed by atoms with Gasteiger partial charge < -0.3 is 9.84 Å². The van der Waals surface area contributed by atoms with Gasteiger partial charge in [-0.3, -0.25) is 4.79 Å². The number of carbonyl (C=O) groups excluding carboxylic acids is 1. The highest BCUT2D eigenvalue weighted by atomic mass is 35.5. The van der Waals surface area contributed by atoms with Gasteiger partial charge in [0, 0.05) is 10.6 Å². The summed E-state index contributed by atoms with van der Waals surface area (Å²) in [6.07, 6.45) is 1.40. The van der Waals surface area contributed by atoms with E-state index in [4.69, 9.17) is 33.0 Å². The zero-order valence-corrected chi connectivity index (χ0v) is 14.6. The van der Waals surface area contributed by atoms with Crippen molar-refractivity contribution < 1.29 is 19.4 Å². The lowest BCUT2D eigenvalue weighted by atomic mass is 10.1. The van der Waals surface area contributed by atoms with Crippen molar-refractivity contribution in [3.63, 3.8) is 0 Å². The van der Waals surface area contributed by atoms with Crippen LogP contribution in [0.2, 0.25) is 10.0 Å². The lowest BCUT2D eigenvalue weighted by Gasteiger charge is -2.06. The topological polar surface area (TPSA) is 88.0 Å². The summed E-state index contributed by atoms with van der Waals surface area (Å²) in [5.74, 6) is -1.24. The van der Waals surface area contributed by atoms with Gasteiger partial charge in [-0.25, -0.2) is 10.2 Å². The number of ether oxygens (including phenoxy) is 1. The first-order valence-corrected chi connectivity index (χ1v) is 7.86. The summed E-state index contributed by atoms with van der Waals surface area (Å²) in [4.78, 5) is 22.5. The van der Waals surface area contributed by atoms with Crippen LogP contribution in [0.4, 0.5) is 0 Å². The summed E-state index contributed by atoms with van der Waals surface area (Å²) >= 11 is 12.0. The second kappa shape index (κ2) is 8.50. The monoisotopic (exact) mass is 380 g/mol. The van der Waals surface area contributed by atoms with Gasteiger partial charge in [-0.05, 0) is 48.4 Å². The molecule has 0 spiro atoms. The molecule has 0 aliphatic rings. The molecule has 2 aromatic rings. The van der Waals surface area contributed by atoms with E-state index in [1.807, 2.05) is 6.92 Å². The number of carboxylic acid groups (broad SMARTS) is 1. The maximum Gasteiger partial charge on any atom is 0.341 e. The van der Waals surface area contributed by atoms with E-state index in [9.17, 15) is 9.59 Å². The van der Waals surface area contributed by atoms with Crippen molar-refractivity contribution >= 4 is 41.3 Å². The fourth-order valence-corrected chi connectivity index (χ4v) is 2.24. The van der Waals surface area contributed by atoms with Crippen molar-refractivity contribution in [2.75, 3.05) is 6.61 Å². The largest absolute Gasteiger partial charge is 0.480 e. The number of hydrogen-bond donors (Lipinski definition) is 2. The standard InChI is InChI=1S/C17H14Cl2N2O4/c1-10-2-4-12(7-13(10)18)17(24)21-20-8-11-3-5-15(14(19)6-11)25-9-16(22)23/h2-8H,9H2,1H3,(H,21,24)(H,22,23)/b20-8-. The Hall–Kier alpha value is -2.57. The van der Waals surface area contributed by atoms with Crippen molar-refractivity contribution in [3.8, 4) is 5.75 Å². The smallest absolute Gasteiger partial charge is 0.341 e. The molecular weight excluding hydrogens is 367 g/mol. The highest BCUT2D eigenvalue weighted by molar-refractivity contribution is 6.32. The number of benzene rings is 2. The molecular formula is C17H14Cl2N2O4. The number of halogens is 2. The lowest BCUT2D eigenvalue weighted by molar-refractivity contribution is -0.139. The number of carboxylic acids is 1. The van der Waals surface area contributed by atoms with Gasteiger partial charge in [0.05, 0.1) is 11.2 Å². The molecule has 130 valence electrons. The van der Waals surface area contributed by atoms with E-state index in [0.717, 1.165) is 5.56 Å². The summed E-state index contributed by atoms with van der Waals surface area (Å²) in [5, 5.41) is 13.2. The molecule has 1 amide bonds. The molecule has 0 radical (unpaired) electrons. The van der Waals surface area contributed by atoms with Gasteiger partial charge in [-0.2, -0.15) is 5.10 Å². The third kappa shape index (κ3) is 5.48. The summed E-state index contributed by atoms with van der Waals surface area (Å²) in [6, 6.07) is 9.65. The van der Waals surface area contributed by atoms with Crippen molar-refractivity contribution in [1.82, 2.24) is 5.43 Å². The van der Waals surface area contributed by atoms with Crippen molar-refractivity contribution in [3.05, 3.63) is 63.1 Å². The average molecular weight is 381 g/mol. The molecule has 0 unspecified atom stereocenters. The first-order chi connectivity index (χ1) is 11.9. The molecule has 0 fully saturated rings. The van der Waals surface area contributed by atoms with Crippen LogP contribution in [-0.4, -0.2) is 29.8 Å². The summed E-state index contributed by atoms with van der Waals surface area (Å²) in [6.45, 7) is 1.36. The molecule has 2 N–H and O–H groups in total. The van der Waals surface area contributed by atoms with Crippen LogP contribution >= 0.6 is 23.2 Å². The summed E-state index contributed by atoms with van der Waals surface area (Å²) in [7, 11) is 0. The SMILES string of the molecule is Cc1ccc(C(=O)N/N=C\c2ccc(OCC(=O)O)c(Cl)c2)cc1Cl. The molecule has 0 aromatic heterocycles. The molecule has 0 heterocycles. The van der Waals surface area contributed by atoms with Crippen LogP contribution in [0, 0.1) is 6.92 Å². The highest BCUT2D eigenvalue weighted by Gasteiger charge is 2.07. The van der Waals surface area contributed by atoms with Crippen LogP contribution < -0.4 is 10.2 Å². The Morgan fingerprint density at radius 2 is 1.96 bits per heavy atom. The van der Waals surface area contributed by atoms with E-state index in [1.54, 1.807) is 24.3 Å². The van der Waals surface area contributed by atoms with Crippen molar-refractivity contribution in [2.24, 2.45) is 5.10 Å². The predicted octanol–water partition coefficient (Wildman–Crippen LogP) is 3.53. The minimum Gasteiger partial charge on any atom is -0.480 e. The Kier molecular flexibility index (Phi) is 6.38.